The summed E-state index contributed by atoms with van der Waals surface area (Å²) in [5.74, 6) is -0.963. The van der Waals surface area contributed by atoms with E-state index in [4.69, 9.17) is 16.3 Å². The number of halogens is 1. The molecule has 7 heteroatoms. The molecule has 2 aromatic rings. The number of hydrogen-bond acceptors (Lipinski definition) is 5. The lowest BCUT2D eigenvalue weighted by molar-refractivity contribution is -0.141. The van der Waals surface area contributed by atoms with Crippen LogP contribution in [0.5, 0.6) is 11.5 Å². The van der Waals surface area contributed by atoms with Gasteiger partial charge in [0.25, 0.3) is 11.7 Å². The lowest BCUT2D eigenvalue weighted by atomic mass is 9.94. The summed E-state index contributed by atoms with van der Waals surface area (Å²) in [6.07, 6.45) is 3.56. The third kappa shape index (κ3) is 4.32. The van der Waals surface area contributed by atoms with E-state index in [0.29, 0.717) is 16.9 Å². The monoisotopic (exact) mass is 469 g/mol. The van der Waals surface area contributed by atoms with Crippen LogP contribution in [-0.2, 0) is 9.59 Å². The Bertz CT molecular complexity index is 1130. The minimum Gasteiger partial charge on any atom is -0.507 e. The third-order valence-electron chi connectivity index (χ3n) is 6.30. The fourth-order valence-electron chi connectivity index (χ4n) is 4.77. The highest BCUT2D eigenvalue weighted by atomic mass is 35.5. The van der Waals surface area contributed by atoms with E-state index < -0.39 is 17.7 Å². The lowest BCUT2D eigenvalue weighted by Gasteiger charge is -2.31. The van der Waals surface area contributed by atoms with Crippen molar-refractivity contribution in [2.45, 2.75) is 64.6 Å². The van der Waals surface area contributed by atoms with Gasteiger partial charge >= 0.3 is 0 Å². The Hall–Kier alpha value is -2.99. The predicted molar refractivity (Wildman–Crippen MR) is 126 cm³/mol. The van der Waals surface area contributed by atoms with Crippen molar-refractivity contribution in [3.8, 4) is 11.5 Å². The van der Waals surface area contributed by atoms with Crippen LogP contribution in [0.2, 0.25) is 5.02 Å². The number of aliphatic hydroxyl groups is 1. The first-order valence-electron chi connectivity index (χ1n) is 11.2. The molecule has 0 radical (unpaired) electrons. The third-order valence-corrected chi connectivity index (χ3v) is 6.60. The zero-order valence-corrected chi connectivity index (χ0v) is 19.7. The molecule has 174 valence electrons. The van der Waals surface area contributed by atoms with Crippen LogP contribution < -0.4 is 4.74 Å². The lowest BCUT2D eigenvalue weighted by Crippen LogP contribution is -2.37. The van der Waals surface area contributed by atoms with E-state index in [9.17, 15) is 19.8 Å². The normalized spacial score (nSPS) is 20.8. The van der Waals surface area contributed by atoms with Crippen LogP contribution in [0, 0.1) is 6.92 Å². The summed E-state index contributed by atoms with van der Waals surface area (Å²) in [6.45, 7) is 5.73. The van der Waals surface area contributed by atoms with Crippen LogP contribution in [0.4, 0.5) is 0 Å². The Kier molecular flexibility index (Phi) is 6.39. The zero-order valence-electron chi connectivity index (χ0n) is 19.0. The molecule has 1 saturated carbocycles. The Balaban J connectivity index is 1.85. The Morgan fingerprint density at radius 1 is 1.12 bits per heavy atom. The van der Waals surface area contributed by atoms with Gasteiger partial charge in [0, 0.05) is 11.6 Å². The maximum absolute atomic E-state index is 13.2. The molecule has 33 heavy (non-hydrogen) atoms. The first-order valence-corrected chi connectivity index (χ1v) is 11.6. The molecular weight excluding hydrogens is 442 g/mol. The van der Waals surface area contributed by atoms with E-state index in [1.54, 1.807) is 35.2 Å². The maximum Gasteiger partial charge on any atom is 0.295 e. The van der Waals surface area contributed by atoms with Gasteiger partial charge in [0.05, 0.1) is 22.7 Å². The Morgan fingerprint density at radius 3 is 2.42 bits per heavy atom. The van der Waals surface area contributed by atoms with Gasteiger partial charge < -0.3 is 19.8 Å². The van der Waals surface area contributed by atoms with Crippen LogP contribution >= 0.6 is 11.6 Å². The number of ketones is 1. The first kappa shape index (κ1) is 23.2. The summed E-state index contributed by atoms with van der Waals surface area (Å²) in [4.78, 5) is 27.9. The van der Waals surface area contributed by atoms with Crippen LogP contribution in [0.25, 0.3) is 5.76 Å². The molecule has 2 aromatic carbocycles. The number of Topliss-reactive ketones (excluding diaryl/α,β-unsaturated/α-hetero) is 1. The molecule has 4 rings (SSSR count). The number of aliphatic hydroxyl groups excluding tert-OH is 1. The van der Waals surface area contributed by atoms with Crippen molar-refractivity contribution in [3.05, 3.63) is 63.7 Å². The second kappa shape index (κ2) is 9.10. The second-order valence-electron chi connectivity index (χ2n) is 9.00. The van der Waals surface area contributed by atoms with Gasteiger partial charge in [-0.2, -0.15) is 0 Å². The number of phenolic OH excluding ortho intramolecular Hbond substituents is 1. The molecular formula is C26H28ClNO5. The fourth-order valence-corrected chi connectivity index (χ4v) is 4.96. The number of amides is 1. The van der Waals surface area contributed by atoms with E-state index >= 15 is 0 Å². The number of carbonyl (C=O) groups is 2. The highest BCUT2D eigenvalue weighted by molar-refractivity contribution is 6.46. The highest BCUT2D eigenvalue weighted by Gasteiger charge is 2.49. The first-order chi connectivity index (χ1) is 15.7. The molecule has 0 aromatic heterocycles. The van der Waals surface area contributed by atoms with Crippen molar-refractivity contribution in [3.63, 3.8) is 0 Å². The number of hydrogen-bond donors (Lipinski definition) is 2. The number of carbonyl (C=O) groups excluding carboxylic acids is 2. The second-order valence-corrected chi connectivity index (χ2v) is 9.41. The van der Waals surface area contributed by atoms with Gasteiger partial charge in [-0.15, -0.1) is 0 Å². The van der Waals surface area contributed by atoms with Crippen LogP contribution in [0.1, 0.15) is 62.3 Å². The molecule has 1 unspecified atom stereocenters. The highest BCUT2D eigenvalue weighted by Crippen LogP contribution is 2.44. The summed E-state index contributed by atoms with van der Waals surface area (Å²) < 4.78 is 5.78. The number of likely N-dealkylation sites (tertiary alicyclic amines) is 1. The molecule has 2 N–H and O–H groups in total. The van der Waals surface area contributed by atoms with E-state index in [1.165, 1.54) is 6.07 Å². The van der Waals surface area contributed by atoms with Gasteiger partial charge in [-0.05, 0) is 75.1 Å². The summed E-state index contributed by atoms with van der Waals surface area (Å²) in [5, 5.41) is 21.3. The Morgan fingerprint density at radius 2 is 1.82 bits per heavy atom. The van der Waals surface area contributed by atoms with E-state index in [0.717, 1.165) is 31.2 Å². The Labute approximate surface area is 198 Å². The minimum absolute atomic E-state index is 0.000807. The topological polar surface area (TPSA) is 87.1 Å². The molecule has 1 heterocycles. The van der Waals surface area contributed by atoms with E-state index in [-0.39, 0.29) is 34.3 Å². The minimum atomic E-state index is -0.780. The average Bonchev–Trinajstić information content (AvgIpc) is 3.38. The number of benzene rings is 2. The van der Waals surface area contributed by atoms with E-state index in [2.05, 4.69) is 0 Å². The average molecular weight is 470 g/mol. The quantitative estimate of drug-likeness (QED) is 0.342. The van der Waals surface area contributed by atoms with Crippen LogP contribution in [0.3, 0.4) is 0 Å². The fraction of sp³-hybridized carbons (Fsp3) is 0.385. The SMILES string of the molecule is Cc1cc(/C(O)=C2/C(=O)C(=O)N(C3CCCC3)C2c2ccc(O)c(Cl)c2)ccc1OC(C)C. The zero-order chi connectivity index (χ0) is 23.9. The molecule has 1 amide bonds. The molecule has 0 bridgehead atoms. The van der Waals surface area contributed by atoms with Gasteiger partial charge in [0.2, 0.25) is 0 Å². The molecule has 1 aliphatic carbocycles. The van der Waals surface area contributed by atoms with E-state index in [1.807, 2.05) is 20.8 Å². The summed E-state index contributed by atoms with van der Waals surface area (Å²) in [5.41, 5.74) is 1.84. The standard InChI is InChI=1S/C26H28ClNO5/c1-14(2)33-21-11-9-17(12-15(21)3)24(30)22-23(16-8-10-20(29)19(27)13-16)28(26(32)25(22)31)18-6-4-5-7-18/h8-14,18,23,29-30H,4-7H2,1-3H3/b24-22-. The molecule has 2 fully saturated rings. The largest absolute Gasteiger partial charge is 0.507 e. The van der Waals surface area contributed by atoms with Gasteiger partial charge in [0.15, 0.2) is 0 Å². The smallest absolute Gasteiger partial charge is 0.295 e. The van der Waals surface area contributed by atoms with Crippen LogP contribution in [-0.4, -0.2) is 38.9 Å². The summed E-state index contributed by atoms with van der Waals surface area (Å²) in [7, 11) is 0. The number of ether oxygens (including phenoxy) is 1. The molecule has 1 aliphatic heterocycles. The summed E-state index contributed by atoms with van der Waals surface area (Å²) >= 11 is 6.17. The van der Waals surface area contributed by atoms with Gasteiger partial charge in [-0.3, -0.25) is 9.59 Å². The van der Waals surface area contributed by atoms with Crippen molar-refractivity contribution < 1.29 is 24.5 Å². The molecule has 2 aliphatic rings. The maximum atomic E-state index is 13.2. The van der Waals surface area contributed by atoms with Crippen LogP contribution in [0.15, 0.2) is 42.0 Å². The number of rotatable bonds is 5. The molecule has 1 atom stereocenters. The van der Waals surface area contributed by atoms with Crippen molar-refractivity contribution in [2.24, 2.45) is 0 Å². The predicted octanol–water partition coefficient (Wildman–Crippen LogP) is 5.51. The molecule has 0 spiro atoms. The van der Waals surface area contributed by atoms with Crippen molar-refractivity contribution in [2.75, 3.05) is 0 Å². The van der Waals surface area contributed by atoms with Crippen molar-refractivity contribution >= 4 is 29.1 Å². The molecule has 6 nitrogen and oxygen atoms in total. The summed E-state index contributed by atoms with van der Waals surface area (Å²) in [6, 6.07) is 8.94. The number of aromatic hydroxyl groups is 1. The van der Waals surface area contributed by atoms with Gasteiger partial charge in [0.1, 0.15) is 17.3 Å². The molecule has 1 saturated heterocycles. The van der Waals surface area contributed by atoms with Gasteiger partial charge in [-0.1, -0.05) is 30.5 Å². The number of nitrogens with zero attached hydrogens (tertiary/aromatic N) is 1. The van der Waals surface area contributed by atoms with Crippen molar-refractivity contribution in [1.82, 2.24) is 4.90 Å². The number of aryl methyl sites for hydroxylation is 1. The number of phenols is 1. The van der Waals surface area contributed by atoms with Crippen molar-refractivity contribution in [1.29, 1.82) is 0 Å². The van der Waals surface area contributed by atoms with Gasteiger partial charge in [-0.25, -0.2) is 0 Å².